The van der Waals surface area contributed by atoms with Gasteiger partial charge in [0, 0.05) is 74.0 Å². The predicted molar refractivity (Wildman–Crippen MR) is 153 cm³/mol. The standard InChI is InChI=1S/C26H39N11O5S/c1-14-21-20(15(2)30-19(38)12-34-13-29-31-32-34)25(40)37(21)22(26(41)42)23(14)43-17-9-18(28-10-17)24(39)33-5-7-35(8-6-33)36-4-3-16(27)11-36/h13-18,20-21,28H,3-12,27H2,1-2H3,(H,30,38)(H,41,42)/t14?,15-,16?,17?,18?,20-,21+/m1/s1. The van der Waals surface area contributed by atoms with Crippen molar-refractivity contribution in [2.45, 2.75) is 62.7 Å². The van der Waals surface area contributed by atoms with Crippen LogP contribution in [-0.2, 0) is 25.7 Å². The molecule has 5 aliphatic heterocycles. The van der Waals surface area contributed by atoms with Crippen molar-refractivity contribution >= 4 is 35.5 Å². The Labute approximate surface area is 253 Å². The second-order valence-electron chi connectivity index (χ2n) is 12.1. The first-order chi connectivity index (χ1) is 20.6. The number of carboxylic acids is 1. The molecule has 0 saturated carbocycles. The van der Waals surface area contributed by atoms with E-state index in [-0.39, 0.29) is 59.3 Å². The molecule has 3 amide bonds. The molecule has 1 aromatic heterocycles. The molecule has 4 unspecified atom stereocenters. The molecule has 0 aliphatic carbocycles. The number of aromatic nitrogens is 4. The van der Waals surface area contributed by atoms with Crippen LogP contribution in [0.5, 0.6) is 0 Å². The second kappa shape index (κ2) is 12.1. The molecule has 4 saturated heterocycles. The maximum Gasteiger partial charge on any atom is 0.353 e. The van der Waals surface area contributed by atoms with Crippen LogP contribution in [0.2, 0.25) is 0 Å². The number of piperazine rings is 1. The smallest absolute Gasteiger partial charge is 0.353 e. The number of nitrogens with zero attached hydrogens (tertiary/aromatic N) is 8. The first kappa shape index (κ1) is 29.9. The van der Waals surface area contributed by atoms with Crippen molar-refractivity contribution in [1.82, 2.24) is 50.7 Å². The number of β-lactam (4-membered cyclic amide) rings is 1. The topological polar surface area (TPSA) is 195 Å². The van der Waals surface area contributed by atoms with Gasteiger partial charge in [-0.2, -0.15) is 0 Å². The Morgan fingerprint density at radius 3 is 2.63 bits per heavy atom. The number of hydrogen-bond acceptors (Lipinski definition) is 12. The number of fused-ring (bicyclic) bond motifs is 1. The van der Waals surface area contributed by atoms with Crippen molar-refractivity contribution in [1.29, 1.82) is 0 Å². The lowest BCUT2D eigenvalue weighted by molar-refractivity contribution is -0.158. The highest BCUT2D eigenvalue weighted by Crippen LogP contribution is 2.51. The van der Waals surface area contributed by atoms with Gasteiger partial charge in [-0.25, -0.2) is 19.5 Å². The average Bonchev–Trinajstić information content (AvgIpc) is 3.77. The number of nitrogens with one attached hydrogen (secondary N) is 2. The summed E-state index contributed by atoms with van der Waals surface area (Å²) in [7, 11) is 0. The molecule has 0 aromatic carbocycles. The van der Waals surface area contributed by atoms with Crippen LogP contribution in [0.3, 0.4) is 0 Å². The lowest BCUT2D eigenvalue weighted by Gasteiger charge is -2.47. The number of thioether (sulfide) groups is 1. The first-order valence-corrected chi connectivity index (χ1v) is 15.7. The highest BCUT2D eigenvalue weighted by molar-refractivity contribution is 8.03. The number of aliphatic carboxylic acids is 1. The van der Waals surface area contributed by atoms with Crippen molar-refractivity contribution in [2.75, 3.05) is 45.8 Å². The van der Waals surface area contributed by atoms with E-state index in [9.17, 15) is 24.3 Å². The molecule has 0 bridgehead atoms. The van der Waals surface area contributed by atoms with Crippen LogP contribution in [0.15, 0.2) is 16.9 Å². The minimum atomic E-state index is -1.14. The molecule has 234 valence electrons. The van der Waals surface area contributed by atoms with E-state index in [1.54, 1.807) is 6.92 Å². The summed E-state index contributed by atoms with van der Waals surface area (Å²) in [5, 5.41) is 31.6. The van der Waals surface area contributed by atoms with Gasteiger partial charge >= 0.3 is 5.97 Å². The highest BCUT2D eigenvalue weighted by atomic mass is 32.2. The van der Waals surface area contributed by atoms with Crippen LogP contribution in [0.4, 0.5) is 0 Å². The van der Waals surface area contributed by atoms with Gasteiger partial charge in [0.05, 0.1) is 18.0 Å². The van der Waals surface area contributed by atoms with Crippen molar-refractivity contribution in [3.05, 3.63) is 16.9 Å². The summed E-state index contributed by atoms with van der Waals surface area (Å²) in [5.74, 6) is -2.49. The van der Waals surface area contributed by atoms with Gasteiger partial charge in [0.2, 0.25) is 17.7 Å². The van der Waals surface area contributed by atoms with Crippen molar-refractivity contribution < 1.29 is 24.3 Å². The Morgan fingerprint density at radius 1 is 1.21 bits per heavy atom. The van der Waals surface area contributed by atoms with E-state index in [2.05, 4.69) is 36.2 Å². The lowest BCUT2D eigenvalue weighted by atomic mass is 9.78. The normalized spacial score (nSPS) is 32.2. The Kier molecular flexibility index (Phi) is 8.43. The molecule has 0 spiro atoms. The number of amides is 3. The summed E-state index contributed by atoms with van der Waals surface area (Å²) >= 11 is 1.46. The predicted octanol–water partition coefficient (Wildman–Crippen LogP) is -2.49. The van der Waals surface area contributed by atoms with E-state index >= 15 is 0 Å². The zero-order valence-corrected chi connectivity index (χ0v) is 25.1. The number of tetrazole rings is 1. The van der Waals surface area contributed by atoms with Crippen LogP contribution in [0.1, 0.15) is 26.7 Å². The molecule has 0 radical (unpaired) electrons. The number of nitrogens with two attached hydrogens (primary N) is 1. The van der Waals surface area contributed by atoms with Gasteiger partial charge < -0.3 is 31.3 Å². The van der Waals surface area contributed by atoms with Gasteiger partial charge in [0.25, 0.3) is 0 Å². The molecule has 4 fully saturated rings. The molecule has 7 atom stereocenters. The van der Waals surface area contributed by atoms with Crippen LogP contribution in [0.25, 0.3) is 0 Å². The Hall–Kier alpha value is -3.12. The van der Waals surface area contributed by atoms with E-state index in [1.165, 1.54) is 27.7 Å². The zero-order chi connectivity index (χ0) is 30.4. The minimum absolute atomic E-state index is 0.00575. The van der Waals surface area contributed by atoms with Gasteiger partial charge in [-0.15, -0.1) is 16.9 Å². The third-order valence-corrected chi connectivity index (χ3v) is 10.8. The van der Waals surface area contributed by atoms with E-state index in [1.807, 2.05) is 11.8 Å². The molecule has 5 N–H and O–H groups in total. The van der Waals surface area contributed by atoms with Crippen molar-refractivity contribution in [2.24, 2.45) is 17.6 Å². The number of carbonyl (C=O) groups excluding carboxylic acids is 3. The van der Waals surface area contributed by atoms with Crippen LogP contribution in [-0.4, -0.2) is 144 Å². The summed E-state index contributed by atoms with van der Waals surface area (Å²) in [6, 6.07) is -0.975. The quantitative estimate of drug-likeness (QED) is 0.213. The Morgan fingerprint density at radius 2 is 1.98 bits per heavy atom. The number of carboxylic acid groups (broad SMARTS) is 1. The summed E-state index contributed by atoms with van der Waals surface area (Å²) in [4.78, 5) is 55.4. The average molecular weight is 618 g/mol. The molecule has 1 aromatic rings. The van der Waals surface area contributed by atoms with Crippen LogP contribution >= 0.6 is 11.8 Å². The lowest BCUT2D eigenvalue weighted by Crippen LogP contribution is -2.66. The fraction of sp³-hybridized carbons (Fsp3) is 0.731. The van der Waals surface area contributed by atoms with Gasteiger partial charge in [-0.05, 0) is 30.2 Å². The monoisotopic (exact) mass is 617 g/mol. The molecule has 6 rings (SSSR count). The molecule has 43 heavy (non-hydrogen) atoms. The number of rotatable bonds is 9. The summed E-state index contributed by atoms with van der Waals surface area (Å²) < 4.78 is 1.28. The van der Waals surface area contributed by atoms with Crippen LogP contribution < -0.4 is 16.4 Å². The van der Waals surface area contributed by atoms with Crippen LogP contribution in [0, 0.1) is 11.8 Å². The maximum atomic E-state index is 13.4. The maximum absolute atomic E-state index is 13.4. The van der Waals surface area contributed by atoms with Crippen molar-refractivity contribution in [3.63, 3.8) is 0 Å². The third-order valence-electron chi connectivity index (χ3n) is 9.27. The number of hydrogen-bond donors (Lipinski definition) is 4. The molecule has 16 nitrogen and oxygen atoms in total. The second-order valence-corrected chi connectivity index (χ2v) is 13.4. The summed E-state index contributed by atoms with van der Waals surface area (Å²) in [5.41, 5.74) is 6.08. The fourth-order valence-electron chi connectivity index (χ4n) is 7.09. The summed E-state index contributed by atoms with van der Waals surface area (Å²) in [6.07, 6.45) is 2.91. The van der Waals surface area contributed by atoms with E-state index in [0.29, 0.717) is 31.0 Å². The Bertz CT molecular complexity index is 1290. The SMILES string of the molecule is CC1C(SC2CNC(C(=O)N3CCN(N4CCC(N)C4)CC3)C2)=C(C(=O)O)N2C(=O)[C@H]([C@@H](C)NC(=O)Cn3cnnn3)[C@H]12. The zero-order valence-electron chi connectivity index (χ0n) is 24.3. The molecule has 6 heterocycles. The van der Waals surface area contributed by atoms with Gasteiger partial charge in [0.1, 0.15) is 18.6 Å². The number of hydrazine groups is 1. The van der Waals surface area contributed by atoms with Gasteiger partial charge in [0.15, 0.2) is 0 Å². The van der Waals surface area contributed by atoms with Crippen molar-refractivity contribution in [3.8, 4) is 0 Å². The number of carbonyl (C=O) groups is 4. The largest absolute Gasteiger partial charge is 0.477 e. The molecule has 5 aliphatic rings. The molecular weight excluding hydrogens is 578 g/mol. The minimum Gasteiger partial charge on any atom is -0.477 e. The van der Waals surface area contributed by atoms with E-state index < -0.39 is 17.9 Å². The van der Waals surface area contributed by atoms with E-state index in [4.69, 9.17) is 5.73 Å². The Balaban J connectivity index is 1.04. The fourth-order valence-corrected chi connectivity index (χ4v) is 8.57. The first-order valence-electron chi connectivity index (χ1n) is 14.9. The molecular formula is C26H39N11O5S. The molecule has 17 heteroatoms. The van der Waals surface area contributed by atoms with E-state index in [0.717, 1.165) is 32.6 Å². The third kappa shape index (κ3) is 5.75. The highest BCUT2D eigenvalue weighted by Gasteiger charge is 2.60. The summed E-state index contributed by atoms with van der Waals surface area (Å²) in [6.45, 7) is 8.91. The van der Waals surface area contributed by atoms with Gasteiger partial charge in [-0.1, -0.05) is 6.92 Å². The van der Waals surface area contributed by atoms with Gasteiger partial charge in [-0.3, -0.25) is 14.4 Å².